The SMILES string of the molecule is C=C(C)C12OC3(c4ccccc4)OC1C1C4OC4(CO)C(O)C4(O)C(=O)C(C)=CC4C1(O3)C(C)C2OC(=O)CC. The Bertz CT molecular complexity index is 1360. The van der Waals surface area contributed by atoms with Gasteiger partial charge in [-0.15, -0.1) is 0 Å². The number of hydrogen-bond donors (Lipinski definition) is 3. The number of aliphatic hydroxyl groups is 3. The van der Waals surface area contributed by atoms with Crippen LogP contribution < -0.4 is 0 Å². The zero-order valence-electron chi connectivity index (χ0n) is 22.8. The molecule has 2 saturated carbocycles. The molecule has 3 bridgehead atoms. The van der Waals surface area contributed by atoms with Crippen LogP contribution in [0.4, 0.5) is 0 Å². The molecule has 12 atom stereocenters. The maximum atomic E-state index is 13.7. The number of aliphatic hydroxyl groups excluding tert-OH is 2. The van der Waals surface area contributed by atoms with Crippen LogP contribution in [0.3, 0.4) is 0 Å². The van der Waals surface area contributed by atoms with Crippen molar-refractivity contribution in [3.05, 3.63) is 59.7 Å². The van der Waals surface area contributed by atoms with Crippen LogP contribution >= 0.6 is 0 Å². The fourth-order valence-corrected chi connectivity index (χ4v) is 8.53. The smallest absolute Gasteiger partial charge is 0.314 e. The van der Waals surface area contributed by atoms with Crippen molar-refractivity contribution < 1.29 is 48.6 Å². The third-order valence-corrected chi connectivity index (χ3v) is 10.4. The van der Waals surface area contributed by atoms with Crippen molar-refractivity contribution in [2.24, 2.45) is 17.8 Å². The molecule has 1 aromatic rings. The molecule has 40 heavy (non-hydrogen) atoms. The number of epoxide rings is 1. The van der Waals surface area contributed by atoms with E-state index >= 15 is 0 Å². The van der Waals surface area contributed by atoms with E-state index in [9.17, 15) is 24.9 Å². The average molecular weight is 555 g/mol. The molecule has 10 heteroatoms. The van der Waals surface area contributed by atoms with Gasteiger partial charge in [-0.1, -0.05) is 56.8 Å². The number of esters is 1. The molecular weight excluding hydrogens is 520 g/mol. The molecule has 3 aliphatic carbocycles. The number of benzene rings is 1. The highest BCUT2D eigenvalue weighted by Crippen LogP contribution is 2.74. The normalized spacial score (nSPS) is 51.3. The number of ether oxygens (including phenoxy) is 5. The first-order valence-corrected chi connectivity index (χ1v) is 13.8. The molecule has 0 radical (unpaired) electrons. The summed E-state index contributed by atoms with van der Waals surface area (Å²) in [5.41, 5.74) is -5.64. The summed E-state index contributed by atoms with van der Waals surface area (Å²) in [6, 6.07) is 9.02. The average Bonchev–Trinajstić information content (AvgIpc) is 3.57. The van der Waals surface area contributed by atoms with Gasteiger partial charge in [0, 0.05) is 29.7 Å². The van der Waals surface area contributed by atoms with Gasteiger partial charge >= 0.3 is 11.9 Å². The van der Waals surface area contributed by atoms with Gasteiger partial charge in [0.05, 0.1) is 12.2 Å². The molecule has 0 aromatic heterocycles. The van der Waals surface area contributed by atoms with Crippen LogP contribution in [0, 0.1) is 17.8 Å². The Labute approximate surface area is 231 Å². The molecule has 7 rings (SSSR count). The van der Waals surface area contributed by atoms with Gasteiger partial charge in [0.2, 0.25) is 0 Å². The molecule has 5 fully saturated rings. The molecule has 0 amide bonds. The Balaban J connectivity index is 1.56. The fraction of sp³-hybridized carbons (Fsp3) is 0.600. The molecule has 3 N–H and O–H groups in total. The second kappa shape index (κ2) is 7.89. The van der Waals surface area contributed by atoms with Gasteiger partial charge in [0.25, 0.3) is 0 Å². The monoisotopic (exact) mass is 554 g/mol. The number of ketones is 1. The molecule has 214 valence electrons. The second-order valence-corrected chi connectivity index (χ2v) is 12.2. The van der Waals surface area contributed by atoms with E-state index in [1.54, 1.807) is 39.0 Å². The van der Waals surface area contributed by atoms with Gasteiger partial charge < -0.3 is 39.0 Å². The van der Waals surface area contributed by atoms with Crippen LogP contribution in [0.1, 0.15) is 39.7 Å². The highest BCUT2D eigenvalue weighted by Gasteiger charge is 2.90. The van der Waals surface area contributed by atoms with Crippen molar-refractivity contribution in [3.8, 4) is 0 Å². The number of carbonyl (C=O) groups is 2. The first-order valence-electron chi connectivity index (χ1n) is 13.8. The van der Waals surface area contributed by atoms with Gasteiger partial charge in [-0.05, 0) is 25.0 Å². The van der Waals surface area contributed by atoms with E-state index in [0.29, 0.717) is 11.1 Å². The van der Waals surface area contributed by atoms with Gasteiger partial charge in [-0.2, -0.15) is 0 Å². The first kappa shape index (κ1) is 26.5. The summed E-state index contributed by atoms with van der Waals surface area (Å²) in [6.45, 7) is 10.5. The van der Waals surface area contributed by atoms with Crippen molar-refractivity contribution in [1.82, 2.24) is 0 Å². The zero-order chi connectivity index (χ0) is 28.6. The highest BCUT2D eigenvalue weighted by atomic mass is 16.9. The van der Waals surface area contributed by atoms with Gasteiger partial charge in [0.1, 0.15) is 30.0 Å². The van der Waals surface area contributed by atoms with E-state index in [0.717, 1.165) is 0 Å². The Morgan fingerprint density at radius 3 is 2.48 bits per heavy atom. The number of hydrogen-bond acceptors (Lipinski definition) is 10. The summed E-state index contributed by atoms with van der Waals surface area (Å²) in [4.78, 5) is 26.6. The van der Waals surface area contributed by atoms with Crippen LogP contribution in [0.5, 0.6) is 0 Å². The lowest BCUT2D eigenvalue weighted by molar-refractivity contribution is -0.440. The van der Waals surface area contributed by atoms with Crippen LogP contribution in [0.2, 0.25) is 0 Å². The summed E-state index contributed by atoms with van der Waals surface area (Å²) in [5, 5.41) is 34.5. The van der Waals surface area contributed by atoms with Gasteiger partial charge in [-0.25, -0.2) is 0 Å². The third-order valence-electron chi connectivity index (χ3n) is 10.4. The summed E-state index contributed by atoms with van der Waals surface area (Å²) < 4.78 is 32.8. The quantitative estimate of drug-likeness (QED) is 0.276. The van der Waals surface area contributed by atoms with Crippen molar-refractivity contribution in [2.45, 2.75) is 86.9 Å². The van der Waals surface area contributed by atoms with Gasteiger partial charge in [-0.3, -0.25) is 9.59 Å². The number of carbonyl (C=O) groups excluding carboxylic acids is 2. The number of Topliss-reactive ketones (excluding diaryl/α,β-unsaturated/α-hetero) is 1. The predicted octanol–water partition coefficient (Wildman–Crippen LogP) is 1.26. The lowest BCUT2D eigenvalue weighted by Gasteiger charge is -2.61. The molecular formula is C30H34O10. The van der Waals surface area contributed by atoms with Gasteiger partial charge in [0.15, 0.2) is 17.0 Å². The lowest BCUT2D eigenvalue weighted by atomic mass is 9.53. The molecule has 3 heterocycles. The highest BCUT2D eigenvalue weighted by molar-refractivity contribution is 6.05. The Morgan fingerprint density at radius 1 is 1.15 bits per heavy atom. The van der Waals surface area contributed by atoms with E-state index < -0.39 is 88.9 Å². The van der Waals surface area contributed by atoms with Crippen molar-refractivity contribution >= 4 is 11.8 Å². The second-order valence-electron chi connectivity index (χ2n) is 12.2. The van der Waals surface area contributed by atoms with E-state index in [4.69, 9.17) is 23.7 Å². The molecule has 6 aliphatic rings. The van der Waals surface area contributed by atoms with E-state index in [-0.39, 0.29) is 12.0 Å². The molecule has 12 unspecified atom stereocenters. The number of fused-ring (bicyclic) bond motifs is 3. The van der Waals surface area contributed by atoms with E-state index in [1.807, 2.05) is 25.1 Å². The van der Waals surface area contributed by atoms with Crippen molar-refractivity contribution in [3.63, 3.8) is 0 Å². The molecule has 3 saturated heterocycles. The molecule has 3 aliphatic heterocycles. The lowest BCUT2D eigenvalue weighted by Crippen LogP contribution is -2.76. The molecule has 0 spiro atoms. The van der Waals surface area contributed by atoms with Crippen LogP contribution in [0.15, 0.2) is 54.1 Å². The summed E-state index contributed by atoms with van der Waals surface area (Å²) >= 11 is 0. The maximum absolute atomic E-state index is 13.7. The molecule has 1 aromatic carbocycles. The summed E-state index contributed by atoms with van der Waals surface area (Å²) in [6.07, 6.45) is -2.79. The van der Waals surface area contributed by atoms with Crippen molar-refractivity contribution in [1.29, 1.82) is 0 Å². The van der Waals surface area contributed by atoms with Crippen LogP contribution in [-0.4, -0.2) is 80.5 Å². The summed E-state index contributed by atoms with van der Waals surface area (Å²) in [5.74, 6) is -5.55. The predicted molar refractivity (Wildman–Crippen MR) is 136 cm³/mol. The van der Waals surface area contributed by atoms with E-state index in [1.165, 1.54) is 0 Å². The molecule has 10 nitrogen and oxygen atoms in total. The Hall–Kier alpha value is -2.44. The number of rotatable bonds is 5. The minimum Gasteiger partial charge on any atom is -0.458 e. The van der Waals surface area contributed by atoms with Crippen LogP contribution in [-0.2, 0) is 39.2 Å². The standard InChI is InChI=1S/C30H34O10/c1-6-19(32)36-22-16(5)29-18-12-15(4)21(33)27(18,35)25(34)26(13-31)23(37-26)20(29)24-28(22,14(2)3)39-30(38-24,40-29)17-10-8-7-9-11-17/h7-12,16,18,20,22-25,31,34-35H,2,6,13H2,1,3-5H3. The minimum atomic E-state index is -2.39. The Kier molecular flexibility index (Phi) is 5.22. The van der Waals surface area contributed by atoms with Crippen LogP contribution in [0.25, 0.3) is 0 Å². The maximum Gasteiger partial charge on any atom is 0.314 e. The first-order chi connectivity index (χ1) is 18.9. The Morgan fingerprint density at radius 2 is 1.85 bits per heavy atom. The van der Waals surface area contributed by atoms with E-state index in [2.05, 4.69) is 6.58 Å². The minimum absolute atomic E-state index is 0.102. The topological polar surface area (TPSA) is 144 Å². The third kappa shape index (κ3) is 2.65. The largest absolute Gasteiger partial charge is 0.458 e. The zero-order valence-corrected chi connectivity index (χ0v) is 22.8. The summed E-state index contributed by atoms with van der Waals surface area (Å²) in [7, 11) is 0. The fourth-order valence-electron chi connectivity index (χ4n) is 8.53. The van der Waals surface area contributed by atoms with Crippen molar-refractivity contribution in [2.75, 3.05) is 6.61 Å².